The minimum atomic E-state index is -0.320. The molecule has 132 valence electrons. The molecule has 0 bridgehead atoms. The van der Waals surface area contributed by atoms with Crippen LogP contribution in [0.5, 0.6) is 5.75 Å². The lowest BCUT2D eigenvalue weighted by Gasteiger charge is -2.33. The molecule has 2 aliphatic rings. The van der Waals surface area contributed by atoms with Gasteiger partial charge < -0.3 is 14.5 Å². The summed E-state index contributed by atoms with van der Waals surface area (Å²) in [6, 6.07) is 11.8. The van der Waals surface area contributed by atoms with Crippen molar-refractivity contribution >= 4 is 32.6 Å². The molecule has 2 aromatic carbocycles. The van der Waals surface area contributed by atoms with Gasteiger partial charge in [-0.2, -0.15) is 0 Å². The number of hydrogen-bond acceptors (Lipinski definition) is 3. The molecule has 0 spiro atoms. The van der Waals surface area contributed by atoms with Crippen LogP contribution in [0.15, 0.2) is 40.9 Å². The van der Waals surface area contributed by atoms with E-state index >= 15 is 0 Å². The molecule has 5 heteroatoms. The zero-order chi connectivity index (χ0) is 18.1. The Balaban J connectivity index is 1.68. The van der Waals surface area contributed by atoms with E-state index in [0.717, 1.165) is 43.5 Å². The van der Waals surface area contributed by atoms with Crippen LogP contribution >= 0.6 is 15.9 Å². The van der Waals surface area contributed by atoms with Crippen LogP contribution in [-0.2, 0) is 10.2 Å². The molecule has 2 heterocycles. The van der Waals surface area contributed by atoms with E-state index in [-0.39, 0.29) is 17.3 Å². The van der Waals surface area contributed by atoms with Crippen molar-refractivity contribution in [3.8, 4) is 5.75 Å². The number of carbonyl (C=O) groups is 1. The van der Waals surface area contributed by atoms with Gasteiger partial charge in [0, 0.05) is 32.0 Å². The molecule has 1 aromatic heterocycles. The van der Waals surface area contributed by atoms with E-state index in [9.17, 15) is 4.79 Å². The monoisotopic (exact) mass is 411 g/mol. The Labute approximate surface area is 159 Å². The summed E-state index contributed by atoms with van der Waals surface area (Å²) in [7, 11) is 0. The third-order valence-electron chi connectivity index (χ3n) is 5.43. The van der Waals surface area contributed by atoms with Crippen LogP contribution in [-0.4, -0.2) is 30.1 Å². The average molecular weight is 412 g/mol. The minimum Gasteiger partial charge on any atom is -0.486 e. The molecular formula is C21H18BrNO3. The van der Waals surface area contributed by atoms with Crippen molar-refractivity contribution in [3.63, 3.8) is 0 Å². The molecule has 0 amide bonds. The number of benzene rings is 2. The van der Waals surface area contributed by atoms with Gasteiger partial charge in [-0.3, -0.25) is 4.79 Å². The summed E-state index contributed by atoms with van der Waals surface area (Å²) in [4.78, 5) is 16.8. The Kier molecular flexibility index (Phi) is 3.37. The van der Waals surface area contributed by atoms with Gasteiger partial charge in [-0.25, -0.2) is 0 Å². The number of rotatable bonds is 2. The lowest BCUT2D eigenvalue weighted by Crippen LogP contribution is -2.38. The number of aromatic amines is 1. The topological polar surface area (TPSA) is 51.3 Å². The van der Waals surface area contributed by atoms with Crippen LogP contribution < -0.4 is 4.74 Å². The largest absolute Gasteiger partial charge is 0.486 e. The molecule has 0 saturated carbocycles. The van der Waals surface area contributed by atoms with Crippen molar-refractivity contribution in [2.24, 2.45) is 0 Å². The van der Waals surface area contributed by atoms with Gasteiger partial charge in [0.1, 0.15) is 11.9 Å². The van der Waals surface area contributed by atoms with Gasteiger partial charge in [0.25, 0.3) is 0 Å². The summed E-state index contributed by atoms with van der Waals surface area (Å²) in [6.45, 7) is 5.55. The summed E-state index contributed by atoms with van der Waals surface area (Å²) < 4.78 is 12.1. The second-order valence-electron chi connectivity index (χ2n) is 7.50. The van der Waals surface area contributed by atoms with Crippen molar-refractivity contribution in [3.05, 3.63) is 63.3 Å². The molecule has 4 nitrogen and oxygen atoms in total. The Morgan fingerprint density at radius 3 is 2.73 bits per heavy atom. The van der Waals surface area contributed by atoms with E-state index in [1.807, 2.05) is 36.4 Å². The summed E-state index contributed by atoms with van der Waals surface area (Å²) in [5.41, 5.74) is 4.15. The summed E-state index contributed by atoms with van der Waals surface area (Å²) in [5, 5.41) is 0.971. The predicted molar refractivity (Wildman–Crippen MR) is 103 cm³/mol. The number of ketones is 1. The fraction of sp³-hybridized carbons (Fsp3) is 0.286. The van der Waals surface area contributed by atoms with Crippen molar-refractivity contribution in [1.29, 1.82) is 0 Å². The first-order chi connectivity index (χ1) is 12.4. The number of H-pyrrole nitrogens is 1. The maximum Gasteiger partial charge on any atom is 0.195 e. The second kappa shape index (κ2) is 5.44. The van der Waals surface area contributed by atoms with Crippen LogP contribution in [0.4, 0.5) is 0 Å². The number of nitrogens with one attached hydrogen (secondary N) is 1. The summed E-state index contributed by atoms with van der Waals surface area (Å²) in [6.07, 6.45) is 0.108. The van der Waals surface area contributed by atoms with E-state index in [1.165, 1.54) is 0 Å². The molecule has 1 N–H and O–H groups in total. The van der Waals surface area contributed by atoms with Crippen LogP contribution in [0.1, 0.15) is 41.0 Å². The van der Waals surface area contributed by atoms with Gasteiger partial charge in [-0.15, -0.1) is 0 Å². The summed E-state index contributed by atoms with van der Waals surface area (Å²) in [5.74, 6) is 0.863. The van der Waals surface area contributed by atoms with Crippen LogP contribution in [0.3, 0.4) is 0 Å². The van der Waals surface area contributed by atoms with E-state index in [1.54, 1.807) is 0 Å². The first kappa shape index (κ1) is 16.1. The van der Waals surface area contributed by atoms with Gasteiger partial charge in [-0.1, -0.05) is 35.8 Å². The average Bonchev–Trinajstić information content (AvgIpc) is 2.96. The summed E-state index contributed by atoms with van der Waals surface area (Å²) >= 11 is 3.51. The first-order valence-electron chi connectivity index (χ1n) is 8.70. The number of halogens is 1. The molecular weight excluding hydrogens is 394 g/mol. The number of aromatic nitrogens is 1. The molecule has 3 aromatic rings. The normalized spacial score (nSPS) is 18.3. The Bertz CT molecular complexity index is 1060. The molecule has 0 atom stereocenters. The van der Waals surface area contributed by atoms with Gasteiger partial charge in [-0.05, 0) is 35.9 Å². The van der Waals surface area contributed by atoms with Crippen molar-refractivity contribution in [2.45, 2.75) is 25.4 Å². The lowest BCUT2D eigenvalue weighted by molar-refractivity contribution is -0.0797. The molecule has 0 unspecified atom stereocenters. The van der Waals surface area contributed by atoms with Crippen molar-refractivity contribution < 1.29 is 14.3 Å². The van der Waals surface area contributed by atoms with E-state index in [0.29, 0.717) is 13.2 Å². The van der Waals surface area contributed by atoms with Crippen LogP contribution in [0.25, 0.3) is 10.9 Å². The molecule has 1 saturated heterocycles. The Morgan fingerprint density at radius 1 is 1.19 bits per heavy atom. The zero-order valence-electron chi connectivity index (χ0n) is 14.6. The Morgan fingerprint density at radius 2 is 2.00 bits per heavy atom. The molecule has 0 radical (unpaired) electrons. The van der Waals surface area contributed by atoms with Gasteiger partial charge >= 0.3 is 0 Å². The van der Waals surface area contributed by atoms with Crippen molar-refractivity contribution in [1.82, 2.24) is 4.98 Å². The van der Waals surface area contributed by atoms with Crippen LogP contribution in [0.2, 0.25) is 0 Å². The number of fused-ring (bicyclic) bond motifs is 4. The van der Waals surface area contributed by atoms with E-state index < -0.39 is 0 Å². The highest BCUT2D eigenvalue weighted by Gasteiger charge is 2.40. The standard InChI is InChI=1S/C21H18BrNO3/c1-21(2)16-8-12(26-13-9-25-10-13)4-6-14(16)19(24)18-15-5-3-11(22)7-17(15)23-20(18)21/h3-8,13,23H,9-10H2,1-2H3. The molecule has 1 fully saturated rings. The number of ether oxygens (including phenoxy) is 2. The van der Waals surface area contributed by atoms with Gasteiger partial charge in [0.15, 0.2) is 5.78 Å². The highest BCUT2D eigenvalue weighted by molar-refractivity contribution is 9.10. The lowest BCUT2D eigenvalue weighted by atomic mass is 9.71. The smallest absolute Gasteiger partial charge is 0.195 e. The fourth-order valence-corrected chi connectivity index (χ4v) is 4.29. The Hall–Kier alpha value is -2.11. The number of hydrogen-bond donors (Lipinski definition) is 1. The van der Waals surface area contributed by atoms with Gasteiger partial charge in [0.05, 0.1) is 18.8 Å². The highest BCUT2D eigenvalue weighted by atomic mass is 79.9. The minimum absolute atomic E-state index is 0.0708. The van der Waals surface area contributed by atoms with E-state index in [2.05, 4.69) is 34.8 Å². The second-order valence-corrected chi connectivity index (χ2v) is 8.42. The van der Waals surface area contributed by atoms with Crippen molar-refractivity contribution in [2.75, 3.05) is 13.2 Å². The predicted octanol–water partition coefficient (Wildman–Crippen LogP) is 4.58. The van der Waals surface area contributed by atoms with Gasteiger partial charge in [0.2, 0.25) is 0 Å². The van der Waals surface area contributed by atoms with Crippen LogP contribution in [0, 0.1) is 0 Å². The maximum atomic E-state index is 13.3. The quantitative estimate of drug-likeness (QED) is 0.671. The molecule has 1 aliphatic heterocycles. The first-order valence-corrected chi connectivity index (χ1v) is 9.50. The zero-order valence-corrected chi connectivity index (χ0v) is 16.1. The molecule has 26 heavy (non-hydrogen) atoms. The highest BCUT2D eigenvalue weighted by Crippen LogP contribution is 2.45. The fourth-order valence-electron chi connectivity index (χ4n) is 3.93. The number of carbonyl (C=O) groups excluding carboxylic acids is 1. The third-order valence-corrected chi connectivity index (χ3v) is 5.93. The molecule has 5 rings (SSSR count). The third kappa shape index (κ3) is 2.20. The maximum absolute atomic E-state index is 13.3. The van der Waals surface area contributed by atoms with E-state index in [4.69, 9.17) is 9.47 Å². The SMILES string of the molecule is CC1(C)c2cc(OC3COC3)ccc2C(=O)c2c1[nH]c1cc(Br)ccc21. The molecule has 1 aliphatic carbocycles.